The van der Waals surface area contributed by atoms with Crippen molar-refractivity contribution >= 4 is 22.9 Å². The van der Waals surface area contributed by atoms with Crippen LogP contribution in [0.1, 0.15) is 50.8 Å². The van der Waals surface area contributed by atoms with Gasteiger partial charge in [0, 0.05) is 24.9 Å². The molecule has 26 heavy (non-hydrogen) atoms. The van der Waals surface area contributed by atoms with Crippen LogP contribution in [0.15, 0.2) is 24.3 Å². The molecule has 6 nitrogen and oxygen atoms in total. The van der Waals surface area contributed by atoms with Gasteiger partial charge in [0.1, 0.15) is 12.4 Å². The molecule has 1 aromatic heterocycles. The molecule has 4 rings (SSSR count). The van der Waals surface area contributed by atoms with E-state index in [1.807, 2.05) is 33.7 Å². The van der Waals surface area contributed by atoms with Crippen molar-refractivity contribution in [3.63, 3.8) is 0 Å². The molecule has 6 heteroatoms. The highest BCUT2D eigenvalue weighted by atomic mass is 16.5. The van der Waals surface area contributed by atoms with E-state index < -0.39 is 0 Å². The van der Waals surface area contributed by atoms with Crippen molar-refractivity contribution in [2.24, 2.45) is 0 Å². The first kappa shape index (κ1) is 17.1. The Morgan fingerprint density at radius 1 is 1.27 bits per heavy atom. The summed E-state index contributed by atoms with van der Waals surface area (Å²) in [4.78, 5) is 31.5. The number of hydrogen-bond acceptors (Lipinski definition) is 4. The molecule has 2 aliphatic rings. The van der Waals surface area contributed by atoms with E-state index in [0.29, 0.717) is 25.6 Å². The fraction of sp³-hybridized carbons (Fsp3) is 0.550. The lowest BCUT2D eigenvalue weighted by atomic mass is 10.1. The first-order valence-electron chi connectivity index (χ1n) is 9.57. The van der Waals surface area contributed by atoms with Gasteiger partial charge < -0.3 is 14.2 Å². The molecule has 0 N–H and O–H groups in total. The van der Waals surface area contributed by atoms with Gasteiger partial charge in [-0.05, 0) is 31.9 Å². The Labute approximate surface area is 153 Å². The number of rotatable bonds is 5. The molecule has 1 saturated carbocycles. The summed E-state index contributed by atoms with van der Waals surface area (Å²) in [7, 11) is 0. The van der Waals surface area contributed by atoms with E-state index in [-0.39, 0.29) is 24.3 Å². The average Bonchev–Trinajstić information content (AvgIpc) is 3.34. The zero-order chi connectivity index (χ0) is 18.1. The third kappa shape index (κ3) is 3.08. The quantitative estimate of drug-likeness (QED) is 0.774. The van der Waals surface area contributed by atoms with Gasteiger partial charge in [-0.2, -0.15) is 0 Å². The molecule has 0 bridgehead atoms. The number of carbonyl (C=O) groups is 2. The Kier molecular flexibility index (Phi) is 4.66. The van der Waals surface area contributed by atoms with E-state index in [1.165, 1.54) is 12.8 Å². The first-order valence-corrected chi connectivity index (χ1v) is 9.57. The molecule has 1 atom stereocenters. The van der Waals surface area contributed by atoms with Crippen molar-refractivity contribution in [1.29, 1.82) is 0 Å². The number of benzene rings is 1. The van der Waals surface area contributed by atoms with Crippen LogP contribution in [0.2, 0.25) is 0 Å². The molecule has 138 valence electrons. The van der Waals surface area contributed by atoms with E-state index in [9.17, 15) is 9.59 Å². The topological polar surface area (TPSA) is 64.4 Å². The van der Waals surface area contributed by atoms with Crippen molar-refractivity contribution in [3.8, 4) is 0 Å². The summed E-state index contributed by atoms with van der Waals surface area (Å²) in [6.07, 6.45) is 5.11. The van der Waals surface area contributed by atoms with Crippen molar-refractivity contribution in [3.05, 3.63) is 30.1 Å². The highest BCUT2D eigenvalue weighted by Crippen LogP contribution is 2.35. The molecular formula is C20H25N3O3. The van der Waals surface area contributed by atoms with Crippen LogP contribution in [0.5, 0.6) is 0 Å². The van der Waals surface area contributed by atoms with E-state index in [0.717, 1.165) is 29.7 Å². The van der Waals surface area contributed by atoms with Crippen molar-refractivity contribution in [2.45, 2.75) is 57.5 Å². The van der Waals surface area contributed by atoms with Crippen LogP contribution in [0.25, 0.3) is 11.0 Å². The lowest BCUT2D eigenvalue weighted by molar-refractivity contribution is -0.143. The van der Waals surface area contributed by atoms with Gasteiger partial charge >= 0.3 is 5.97 Å². The maximum atomic E-state index is 12.6. The zero-order valence-corrected chi connectivity index (χ0v) is 15.2. The monoisotopic (exact) mass is 355 g/mol. The number of para-hydroxylation sites is 2. The van der Waals surface area contributed by atoms with E-state index in [1.54, 1.807) is 6.92 Å². The van der Waals surface area contributed by atoms with Crippen LogP contribution >= 0.6 is 0 Å². The predicted molar refractivity (Wildman–Crippen MR) is 97.7 cm³/mol. The number of imidazole rings is 1. The Bertz CT molecular complexity index is 823. The summed E-state index contributed by atoms with van der Waals surface area (Å²) in [5, 5.41) is 0. The fourth-order valence-electron chi connectivity index (χ4n) is 4.38. The molecule has 0 radical (unpaired) electrons. The third-order valence-corrected chi connectivity index (χ3v) is 5.57. The molecule has 1 amide bonds. The molecule has 0 spiro atoms. The molecule has 1 aliphatic carbocycles. The number of amides is 1. The number of carbonyl (C=O) groups excluding carboxylic acids is 2. The molecule has 1 aromatic carbocycles. The van der Waals surface area contributed by atoms with Gasteiger partial charge in [0.15, 0.2) is 0 Å². The van der Waals surface area contributed by atoms with E-state index >= 15 is 0 Å². The van der Waals surface area contributed by atoms with Crippen LogP contribution in [-0.4, -0.2) is 45.5 Å². The van der Waals surface area contributed by atoms with Gasteiger partial charge in [-0.1, -0.05) is 25.0 Å². The SMILES string of the molecule is CCOC(=O)Cn1c(C2CC(=O)N(C3CCCC3)C2)nc2ccccc21. The standard InChI is InChI=1S/C20H25N3O3/c1-2-26-19(25)13-23-17-10-6-5-9-16(17)21-20(23)14-11-18(24)22(12-14)15-7-3-4-8-15/h5-6,9-10,14-15H,2-4,7-8,11-13H2,1H3. The minimum atomic E-state index is -0.270. The largest absolute Gasteiger partial charge is 0.465 e. The van der Waals surface area contributed by atoms with Crippen molar-refractivity contribution in [1.82, 2.24) is 14.5 Å². The molecule has 1 unspecified atom stereocenters. The molecule has 1 saturated heterocycles. The molecule has 2 heterocycles. The summed E-state index contributed by atoms with van der Waals surface area (Å²) < 4.78 is 7.07. The lowest BCUT2D eigenvalue weighted by Gasteiger charge is -2.24. The summed E-state index contributed by atoms with van der Waals surface area (Å²) in [6.45, 7) is 3.01. The highest BCUT2D eigenvalue weighted by Gasteiger charge is 2.38. The minimum absolute atomic E-state index is 0.0323. The molecule has 1 aliphatic heterocycles. The van der Waals surface area contributed by atoms with Crippen LogP contribution in [0.3, 0.4) is 0 Å². The summed E-state index contributed by atoms with van der Waals surface area (Å²) in [6, 6.07) is 8.19. The van der Waals surface area contributed by atoms with Crippen LogP contribution in [0.4, 0.5) is 0 Å². The summed E-state index contributed by atoms with van der Waals surface area (Å²) >= 11 is 0. The second-order valence-electron chi connectivity index (χ2n) is 7.24. The maximum Gasteiger partial charge on any atom is 0.326 e. The second kappa shape index (κ2) is 7.09. The summed E-state index contributed by atoms with van der Waals surface area (Å²) in [5.74, 6) is 0.809. The molecular weight excluding hydrogens is 330 g/mol. The van der Waals surface area contributed by atoms with Crippen LogP contribution < -0.4 is 0 Å². The van der Waals surface area contributed by atoms with E-state index in [2.05, 4.69) is 0 Å². The number of fused-ring (bicyclic) bond motifs is 1. The van der Waals surface area contributed by atoms with Gasteiger partial charge in [-0.25, -0.2) is 4.98 Å². The number of likely N-dealkylation sites (tertiary alicyclic amines) is 1. The number of ether oxygens (including phenoxy) is 1. The smallest absolute Gasteiger partial charge is 0.326 e. The van der Waals surface area contributed by atoms with Gasteiger partial charge in [0.25, 0.3) is 0 Å². The van der Waals surface area contributed by atoms with Gasteiger partial charge in [0.2, 0.25) is 5.91 Å². The first-order chi connectivity index (χ1) is 12.7. The number of nitrogens with zero attached hydrogens (tertiary/aromatic N) is 3. The number of esters is 1. The van der Waals surface area contributed by atoms with Crippen LogP contribution in [0, 0.1) is 0 Å². The summed E-state index contributed by atoms with van der Waals surface area (Å²) in [5.41, 5.74) is 1.78. The Hall–Kier alpha value is -2.37. The van der Waals surface area contributed by atoms with Crippen LogP contribution in [-0.2, 0) is 20.9 Å². The van der Waals surface area contributed by atoms with Crippen molar-refractivity contribution < 1.29 is 14.3 Å². The highest BCUT2D eigenvalue weighted by molar-refractivity contribution is 5.82. The third-order valence-electron chi connectivity index (χ3n) is 5.57. The molecule has 2 aromatic rings. The number of aromatic nitrogens is 2. The minimum Gasteiger partial charge on any atom is -0.465 e. The predicted octanol–water partition coefficient (Wildman–Crippen LogP) is 2.86. The average molecular weight is 355 g/mol. The van der Waals surface area contributed by atoms with Gasteiger partial charge in [0.05, 0.1) is 17.6 Å². The fourth-order valence-corrected chi connectivity index (χ4v) is 4.38. The van der Waals surface area contributed by atoms with Gasteiger partial charge in [-0.3, -0.25) is 9.59 Å². The Morgan fingerprint density at radius 3 is 2.81 bits per heavy atom. The maximum absolute atomic E-state index is 12.6. The van der Waals surface area contributed by atoms with E-state index in [4.69, 9.17) is 9.72 Å². The number of hydrogen-bond donors (Lipinski definition) is 0. The Morgan fingerprint density at radius 2 is 2.04 bits per heavy atom. The van der Waals surface area contributed by atoms with Crippen molar-refractivity contribution in [2.75, 3.05) is 13.2 Å². The normalized spacial score (nSPS) is 21.0. The second-order valence-corrected chi connectivity index (χ2v) is 7.24. The Balaban J connectivity index is 1.65. The van der Waals surface area contributed by atoms with Gasteiger partial charge in [-0.15, -0.1) is 0 Å². The lowest BCUT2D eigenvalue weighted by Crippen LogP contribution is -2.34. The zero-order valence-electron chi connectivity index (χ0n) is 15.2. The molecule has 2 fully saturated rings.